The van der Waals surface area contributed by atoms with Crippen LogP contribution in [0.25, 0.3) is 10.8 Å². The molecule has 1 unspecified atom stereocenters. The summed E-state index contributed by atoms with van der Waals surface area (Å²) in [6.07, 6.45) is -0.674. The van der Waals surface area contributed by atoms with E-state index in [9.17, 15) is 5.11 Å². The Balaban J connectivity index is 1.78. The minimum Gasteiger partial charge on any atom is -0.491 e. The Morgan fingerprint density at radius 3 is 2.43 bits per heavy atom. The molecule has 1 atom stereocenters. The Hall–Kier alpha value is -2.03. The van der Waals surface area contributed by atoms with Crippen LogP contribution in [0.3, 0.4) is 0 Å². The first kappa shape index (κ1) is 13.9. The molecule has 0 aromatic heterocycles. The number of fused-ring (bicyclic) bond motifs is 1. The molecule has 0 heterocycles. The lowest BCUT2D eigenvalue weighted by atomic mass is 10.0. The van der Waals surface area contributed by atoms with Crippen molar-refractivity contribution in [1.29, 1.82) is 0 Å². The van der Waals surface area contributed by atoms with Crippen LogP contribution >= 0.6 is 11.6 Å². The van der Waals surface area contributed by atoms with Gasteiger partial charge in [-0.15, -0.1) is 0 Å². The van der Waals surface area contributed by atoms with Crippen LogP contribution in [0, 0.1) is 0 Å². The maximum Gasteiger partial charge on any atom is 0.119 e. The summed E-state index contributed by atoms with van der Waals surface area (Å²) in [6.45, 7) is 0.204. The zero-order valence-corrected chi connectivity index (χ0v) is 12.1. The summed E-state index contributed by atoms with van der Waals surface area (Å²) in [4.78, 5) is 0. The van der Waals surface area contributed by atoms with Gasteiger partial charge in [-0.3, -0.25) is 0 Å². The Morgan fingerprint density at radius 2 is 1.62 bits per heavy atom. The quantitative estimate of drug-likeness (QED) is 0.762. The maximum absolute atomic E-state index is 10.4. The minimum absolute atomic E-state index is 0.204. The van der Waals surface area contributed by atoms with Gasteiger partial charge in [-0.1, -0.05) is 54.1 Å². The molecule has 0 amide bonds. The van der Waals surface area contributed by atoms with Crippen LogP contribution in [-0.2, 0) is 0 Å². The van der Waals surface area contributed by atoms with Gasteiger partial charge in [-0.05, 0) is 40.6 Å². The van der Waals surface area contributed by atoms with E-state index < -0.39 is 6.10 Å². The van der Waals surface area contributed by atoms with E-state index in [0.717, 1.165) is 16.3 Å². The highest BCUT2D eigenvalue weighted by Crippen LogP contribution is 2.25. The summed E-state index contributed by atoms with van der Waals surface area (Å²) >= 11 is 5.83. The van der Waals surface area contributed by atoms with Gasteiger partial charge in [-0.25, -0.2) is 0 Å². The fraction of sp³-hybridized carbons (Fsp3) is 0.111. The number of rotatable bonds is 4. The average molecular weight is 299 g/mol. The predicted molar refractivity (Wildman–Crippen MR) is 85.9 cm³/mol. The van der Waals surface area contributed by atoms with Gasteiger partial charge in [0.2, 0.25) is 0 Å². The molecule has 3 aromatic carbocycles. The van der Waals surface area contributed by atoms with Crippen molar-refractivity contribution < 1.29 is 9.84 Å². The second-order valence-electron chi connectivity index (χ2n) is 4.85. The standard InChI is InChI=1S/C18H15ClO2/c19-14-8-10-15(11-9-14)21-12-18(20)17-7-3-5-13-4-1-2-6-16(13)17/h1-11,18,20H,12H2. The minimum atomic E-state index is -0.674. The molecular weight excluding hydrogens is 284 g/mol. The third-order valence-corrected chi connectivity index (χ3v) is 3.66. The van der Waals surface area contributed by atoms with Gasteiger partial charge in [0, 0.05) is 5.02 Å². The van der Waals surface area contributed by atoms with E-state index in [4.69, 9.17) is 16.3 Å². The molecule has 0 aliphatic carbocycles. The summed E-state index contributed by atoms with van der Waals surface area (Å²) in [6, 6.07) is 21.0. The number of aliphatic hydroxyl groups excluding tert-OH is 1. The molecule has 0 fully saturated rings. The van der Waals surface area contributed by atoms with Crippen molar-refractivity contribution in [1.82, 2.24) is 0 Å². The van der Waals surface area contributed by atoms with E-state index in [2.05, 4.69) is 0 Å². The first-order valence-electron chi connectivity index (χ1n) is 6.78. The molecular formula is C18H15ClO2. The van der Waals surface area contributed by atoms with Gasteiger partial charge in [-0.2, -0.15) is 0 Å². The number of aliphatic hydroxyl groups is 1. The molecule has 0 saturated carbocycles. The van der Waals surface area contributed by atoms with Crippen molar-refractivity contribution in [2.75, 3.05) is 6.61 Å². The van der Waals surface area contributed by atoms with Gasteiger partial charge in [0.05, 0.1) is 0 Å². The van der Waals surface area contributed by atoms with E-state index in [1.807, 2.05) is 42.5 Å². The highest BCUT2D eigenvalue weighted by Gasteiger charge is 2.11. The predicted octanol–water partition coefficient (Wildman–Crippen LogP) is 4.61. The average Bonchev–Trinajstić information content (AvgIpc) is 2.53. The largest absolute Gasteiger partial charge is 0.491 e. The molecule has 0 radical (unpaired) electrons. The van der Waals surface area contributed by atoms with Crippen molar-refractivity contribution in [3.8, 4) is 5.75 Å². The molecule has 0 saturated heterocycles. The Morgan fingerprint density at radius 1 is 0.905 bits per heavy atom. The van der Waals surface area contributed by atoms with Crippen molar-refractivity contribution in [3.63, 3.8) is 0 Å². The zero-order valence-electron chi connectivity index (χ0n) is 11.4. The van der Waals surface area contributed by atoms with Gasteiger partial charge < -0.3 is 9.84 Å². The number of benzene rings is 3. The Labute approximate surface area is 128 Å². The first-order valence-corrected chi connectivity index (χ1v) is 7.16. The van der Waals surface area contributed by atoms with Crippen LogP contribution in [0.15, 0.2) is 66.7 Å². The van der Waals surface area contributed by atoms with Crippen molar-refractivity contribution in [2.24, 2.45) is 0 Å². The summed E-state index contributed by atoms with van der Waals surface area (Å²) < 4.78 is 5.62. The van der Waals surface area contributed by atoms with Crippen molar-refractivity contribution in [3.05, 3.63) is 77.3 Å². The molecule has 3 aromatic rings. The van der Waals surface area contributed by atoms with Crippen LogP contribution in [0.2, 0.25) is 5.02 Å². The lowest BCUT2D eigenvalue weighted by molar-refractivity contribution is 0.109. The van der Waals surface area contributed by atoms with E-state index in [1.165, 1.54) is 0 Å². The molecule has 3 heteroatoms. The number of hydrogen-bond donors (Lipinski definition) is 1. The van der Waals surface area contributed by atoms with Crippen LogP contribution in [0.4, 0.5) is 0 Å². The normalized spacial score (nSPS) is 12.3. The van der Waals surface area contributed by atoms with E-state index in [0.29, 0.717) is 10.8 Å². The fourth-order valence-electron chi connectivity index (χ4n) is 2.34. The topological polar surface area (TPSA) is 29.5 Å². The van der Waals surface area contributed by atoms with Gasteiger partial charge in [0.1, 0.15) is 18.5 Å². The van der Waals surface area contributed by atoms with Crippen LogP contribution in [0.5, 0.6) is 5.75 Å². The lowest BCUT2D eigenvalue weighted by Gasteiger charge is -2.15. The molecule has 0 spiro atoms. The zero-order chi connectivity index (χ0) is 14.7. The van der Waals surface area contributed by atoms with Crippen LogP contribution in [-0.4, -0.2) is 11.7 Å². The molecule has 3 rings (SSSR count). The summed E-state index contributed by atoms with van der Waals surface area (Å²) in [7, 11) is 0. The number of halogens is 1. The van der Waals surface area contributed by atoms with E-state index >= 15 is 0 Å². The fourth-order valence-corrected chi connectivity index (χ4v) is 2.46. The Kier molecular flexibility index (Phi) is 4.09. The maximum atomic E-state index is 10.4. The molecule has 1 N–H and O–H groups in total. The van der Waals surface area contributed by atoms with Crippen LogP contribution < -0.4 is 4.74 Å². The second-order valence-corrected chi connectivity index (χ2v) is 5.29. The third kappa shape index (κ3) is 3.18. The smallest absolute Gasteiger partial charge is 0.119 e. The third-order valence-electron chi connectivity index (χ3n) is 3.40. The van der Waals surface area contributed by atoms with Gasteiger partial charge in [0.15, 0.2) is 0 Å². The lowest BCUT2D eigenvalue weighted by Crippen LogP contribution is -2.10. The molecule has 106 valence electrons. The molecule has 0 aliphatic rings. The molecule has 0 bridgehead atoms. The highest BCUT2D eigenvalue weighted by atomic mass is 35.5. The van der Waals surface area contributed by atoms with Gasteiger partial charge >= 0.3 is 0 Å². The second kappa shape index (κ2) is 6.17. The van der Waals surface area contributed by atoms with E-state index in [1.54, 1.807) is 24.3 Å². The molecule has 21 heavy (non-hydrogen) atoms. The Bertz CT molecular complexity index is 732. The van der Waals surface area contributed by atoms with E-state index in [-0.39, 0.29) is 6.61 Å². The van der Waals surface area contributed by atoms with Crippen LogP contribution in [0.1, 0.15) is 11.7 Å². The monoisotopic (exact) mass is 298 g/mol. The molecule has 2 nitrogen and oxygen atoms in total. The van der Waals surface area contributed by atoms with Crippen molar-refractivity contribution in [2.45, 2.75) is 6.10 Å². The summed E-state index contributed by atoms with van der Waals surface area (Å²) in [5.41, 5.74) is 0.877. The number of ether oxygens (including phenoxy) is 1. The van der Waals surface area contributed by atoms with Crippen molar-refractivity contribution >= 4 is 22.4 Å². The highest BCUT2D eigenvalue weighted by molar-refractivity contribution is 6.30. The number of hydrogen-bond acceptors (Lipinski definition) is 2. The SMILES string of the molecule is OC(COc1ccc(Cl)cc1)c1cccc2ccccc12. The first-order chi connectivity index (χ1) is 10.2. The van der Waals surface area contributed by atoms with Gasteiger partial charge in [0.25, 0.3) is 0 Å². The summed E-state index contributed by atoms with van der Waals surface area (Å²) in [5, 5.41) is 13.2. The molecule has 0 aliphatic heterocycles. The summed E-state index contributed by atoms with van der Waals surface area (Å²) in [5.74, 6) is 0.693.